The zero-order chi connectivity index (χ0) is 18.0. The van der Waals surface area contributed by atoms with Gasteiger partial charge in [-0.2, -0.15) is 0 Å². The Bertz CT molecular complexity index is 628. The first-order chi connectivity index (χ1) is 11.8. The van der Waals surface area contributed by atoms with Crippen LogP contribution < -0.4 is 15.1 Å². The molecule has 0 spiro atoms. The highest BCUT2D eigenvalue weighted by molar-refractivity contribution is 6.05. The molecular weight excluding hydrogens is 316 g/mol. The molecule has 0 aliphatic carbocycles. The van der Waals surface area contributed by atoms with Gasteiger partial charge in [0.2, 0.25) is 5.91 Å². The summed E-state index contributed by atoms with van der Waals surface area (Å²) in [4.78, 5) is 31.5. The van der Waals surface area contributed by atoms with Crippen LogP contribution in [0.25, 0.3) is 0 Å². The normalized spacial score (nSPS) is 20.0. The maximum atomic E-state index is 11.9. The number of nitrogens with one attached hydrogen (secondary N) is 1. The minimum absolute atomic E-state index is 0.226. The molecule has 2 aliphatic rings. The van der Waals surface area contributed by atoms with E-state index in [9.17, 15) is 9.59 Å². The molecule has 0 atom stereocenters. The summed E-state index contributed by atoms with van der Waals surface area (Å²) in [6.45, 7) is 9.43. The van der Waals surface area contributed by atoms with Crippen molar-refractivity contribution in [2.75, 3.05) is 29.4 Å². The summed E-state index contributed by atoms with van der Waals surface area (Å²) in [5, 5.41) is 2.33. The average molecular weight is 344 g/mol. The van der Waals surface area contributed by atoms with Gasteiger partial charge in [-0.05, 0) is 42.7 Å². The molecule has 2 aliphatic heterocycles. The Morgan fingerprint density at radius 1 is 1.16 bits per heavy atom. The standard InChI is InChI=1S/C19H28N4O2/c1-19(2,3)12-14-6-9-22(10-7-14)15-4-5-16(20-13-15)23-11-8-17(24)21-18(23)25/h4-5,13-14H,6-12H2,1-3H3,(H,21,24,25). The number of anilines is 2. The highest BCUT2D eigenvalue weighted by Gasteiger charge is 2.26. The summed E-state index contributed by atoms with van der Waals surface area (Å²) < 4.78 is 0. The minimum atomic E-state index is -0.389. The third-order valence-electron chi connectivity index (χ3n) is 4.94. The summed E-state index contributed by atoms with van der Waals surface area (Å²) in [5.41, 5.74) is 1.50. The van der Waals surface area contributed by atoms with Crippen LogP contribution in [0.4, 0.5) is 16.3 Å². The molecule has 0 bridgehead atoms. The topological polar surface area (TPSA) is 65.5 Å². The molecule has 3 amide bonds. The second-order valence-electron chi connectivity index (χ2n) is 8.32. The zero-order valence-electron chi connectivity index (χ0n) is 15.4. The number of rotatable bonds is 3. The molecule has 3 heterocycles. The van der Waals surface area contributed by atoms with Crippen LogP contribution in [-0.4, -0.2) is 36.6 Å². The maximum absolute atomic E-state index is 11.9. The number of carbonyl (C=O) groups excluding carboxylic acids is 2. The van der Waals surface area contributed by atoms with E-state index >= 15 is 0 Å². The number of pyridine rings is 1. The fourth-order valence-corrected chi connectivity index (χ4v) is 3.77. The maximum Gasteiger partial charge on any atom is 0.329 e. The van der Waals surface area contributed by atoms with E-state index in [1.807, 2.05) is 18.3 Å². The van der Waals surface area contributed by atoms with Gasteiger partial charge in [0, 0.05) is 26.1 Å². The van der Waals surface area contributed by atoms with Gasteiger partial charge < -0.3 is 4.90 Å². The van der Waals surface area contributed by atoms with Crippen LogP contribution >= 0.6 is 0 Å². The average Bonchev–Trinajstić information content (AvgIpc) is 2.54. The molecule has 2 saturated heterocycles. The van der Waals surface area contributed by atoms with Gasteiger partial charge in [-0.25, -0.2) is 9.78 Å². The van der Waals surface area contributed by atoms with Crippen LogP contribution in [-0.2, 0) is 4.79 Å². The molecule has 2 fully saturated rings. The molecule has 6 nitrogen and oxygen atoms in total. The number of piperidine rings is 1. The van der Waals surface area contributed by atoms with Crippen molar-refractivity contribution < 1.29 is 9.59 Å². The van der Waals surface area contributed by atoms with Crippen LogP contribution in [0.15, 0.2) is 18.3 Å². The van der Waals surface area contributed by atoms with Crippen LogP contribution in [0.1, 0.15) is 46.5 Å². The number of carbonyl (C=O) groups is 2. The number of hydrogen-bond donors (Lipinski definition) is 1. The third-order valence-corrected chi connectivity index (χ3v) is 4.94. The van der Waals surface area contributed by atoms with E-state index in [4.69, 9.17) is 0 Å². The van der Waals surface area contributed by atoms with Crippen molar-refractivity contribution in [1.82, 2.24) is 10.3 Å². The van der Waals surface area contributed by atoms with Crippen molar-refractivity contribution in [2.24, 2.45) is 11.3 Å². The van der Waals surface area contributed by atoms with Crippen molar-refractivity contribution in [3.05, 3.63) is 18.3 Å². The first kappa shape index (κ1) is 17.7. The highest BCUT2D eigenvalue weighted by atomic mass is 16.2. The van der Waals surface area contributed by atoms with E-state index in [-0.39, 0.29) is 11.9 Å². The van der Waals surface area contributed by atoms with Crippen molar-refractivity contribution >= 4 is 23.4 Å². The van der Waals surface area contributed by atoms with E-state index in [0.29, 0.717) is 24.2 Å². The summed E-state index contributed by atoms with van der Waals surface area (Å²) in [6.07, 6.45) is 5.87. The smallest absolute Gasteiger partial charge is 0.329 e. The molecule has 25 heavy (non-hydrogen) atoms. The number of imide groups is 1. The largest absolute Gasteiger partial charge is 0.370 e. The fourth-order valence-electron chi connectivity index (χ4n) is 3.77. The van der Waals surface area contributed by atoms with Crippen molar-refractivity contribution in [3.8, 4) is 0 Å². The quantitative estimate of drug-likeness (QED) is 0.914. The fraction of sp³-hybridized carbons (Fsp3) is 0.632. The highest BCUT2D eigenvalue weighted by Crippen LogP contribution is 2.32. The molecule has 1 N–H and O–H groups in total. The summed E-state index contributed by atoms with van der Waals surface area (Å²) in [6, 6.07) is 3.50. The molecule has 0 radical (unpaired) electrons. The van der Waals surface area contributed by atoms with E-state index in [1.165, 1.54) is 24.2 Å². The van der Waals surface area contributed by atoms with Gasteiger partial charge in [0.1, 0.15) is 5.82 Å². The Balaban J connectivity index is 1.58. The van der Waals surface area contributed by atoms with Gasteiger partial charge in [0.25, 0.3) is 0 Å². The van der Waals surface area contributed by atoms with Gasteiger partial charge in [-0.15, -0.1) is 0 Å². The summed E-state index contributed by atoms with van der Waals surface area (Å²) in [5.74, 6) is 1.17. The first-order valence-electron chi connectivity index (χ1n) is 9.14. The number of urea groups is 1. The van der Waals surface area contributed by atoms with Gasteiger partial charge in [-0.3, -0.25) is 15.0 Å². The third kappa shape index (κ3) is 4.50. The Hall–Kier alpha value is -2.11. The van der Waals surface area contributed by atoms with Gasteiger partial charge >= 0.3 is 6.03 Å². The monoisotopic (exact) mass is 344 g/mol. The molecule has 0 aromatic carbocycles. The number of aromatic nitrogens is 1. The second kappa shape index (κ2) is 7.02. The van der Waals surface area contributed by atoms with E-state index in [1.54, 1.807) is 0 Å². The SMILES string of the molecule is CC(C)(C)CC1CCN(c2ccc(N3CCC(=O)NC3=O)nc2)CC1. The van der Waals surface area contributed by atoms with Crippen molar-refractivity contribution in [3.63, 3.8) is 0 Å². The van der Waals surface area contributed by atoms with Gasteiger partial charge in [0.15, 0.2) is 0 Å². The predicted octanol–water partition coefficient (Wildman–Crippen LogP) is 3.18. The molecule has 0 saturated carbocycles. The lowest BCUT2D eigenvalue weighted by atomic mass is 9.80. The molecule has 6 heteroatoms. The lowest BCUT2D eigenvalue weighted by Crippen LogP contribution is -2.49. The van der Waals surface area contributed by atoms with Crippen LogP contribution in [0.5, 0.6) is 0 Å². The van der Waals surface area contributed by atoms with Crippen LogP contribution in [0.2, 0.25) is 0 Å². The number of hydrogen-bond acceptors (Lipinski definition) is 4. The Kier molecular flexibility index (Phi) is 4.97. The zero-order valence-corrected chi connectivity index (χ0v) is 15.4. The minimum Gasteiger partial charge on any atom is -0.370 e. The summed E-state index contributed by atoms with van der Waals surface area (Å²) >= 11 is 0. The number of nitrogens with zero attached hydrogens (tertiary/aromatic N) is 3. The van der Waals surface area contributed by atoms with E-state index in [0.717, 1.165) is 24.7 Å². The first-order valence-corrected chi connectivity index (χ1v) is 9.14. The summed E-state index contributed by atoms with van der Waals surface area (Å²) in [7, 11) is 0. The molecular formula is C19H28N4O2. The van der Waals surface area contributed by atoms with Crippen LogP contribution in [0.3, 0.4) is 0 Å². The predicted molar refractivity (Wildman–Crippen MR) is 98.7 cm³/mol. The molecule has 1 aromatic heterocycles. The van der Waals surface area contributed by atoms with E-state index in [2.05, 4.69) is 36.0 Å². The molecule has 3 rings (SSSR count). The molecule has 1 aromatic rings. The molecule has 136 valence electrons. The van der Waals surface area contributed by atoms with Gasteiger partial charge in [-0.1, -0.05) is 20.8 Å². The Morgan fingerprint density at radius 2 is 1.88 bits per heavy atom. The van der Waals surface area contributed by atoms with E-state index < -0.39 is 0 Å². The van der Waals surface area contributed by atoms with Crippen LogP contribution in [0, 0.1) is 11.3 Å². The lowest BCUT2D eigenvalue weighted by molar-refractivity contribution is -0.120. The lowest BCUT2D eigenvalue weighted by Gasteiger charge is -2.36. The second-order valence-corrected chi connectivity index (χ2v) is 8.32. The Labute approximate surface area is 149 Å². The van der Waals surface area contributed by atoms with Gasteiger partial charge in [0.05, 0.1) is 11.9 Å². The molecule has 0 unspecified atom stereocenters. The van der Waals surface area contributed by atoms with Crippen molar-refractivity contribution in [2.45, 2.75) is 46.5 Å². The number of amides is 3. The van der Waals surface area contributed by atoms with Crippen molar-refractivity contribution in [1.29, 1.82) is 0 Å². The Morgan fingerprint density at radius 3 is 2.44 bits per heavy atom.